The topological polar surface area (TPSA) is 9.23 Å². The molecule has 2 atom stereocenters. The summed E-state index contributed by atoms with van der Waals surface area (Å²) in [5.41, 5.74) is 1.61. The van der Waals surface area contributed by atoms with Crippen molar-refractivity contribution in [2.75, 3.05) is 0 Å². The molecule has 0 amide bonds. The Morgan fingerprint density at radius 2 is 2.27 bits per heavy atom. The van der Waals surface area contributed by atoms with Crippen LogP contribution in [-0.4, -0.2) is 12.2 Å². The molecule has 0 radical (unpaired) electrons. The van der Waals surface area contributed by atoms with E-state index in [2.05, 4.69) is 19.9 Å². The summed E-state index contributed by atoms with van der Waals surface area (Å²) in [4.78, 5) is 0. The lowest BCUT2D eigenvalue weighted by Gasteiger charge is -2.22. The minimum Gasteiger partial charge on any atom is -0.371 e. The Kier molecular flexibility index (Phi) is 1.76. The van der Waals surface area contributed by atoms with Crippen molar-refractivity contribution in [2.45, 2.75) is 45.3 Å². The average molecular weight is 152 g/mol. The normalized spacial score (nSPS) is 36.1. The van der Waals surface area contributed by atoms with Crippen LogP contribution in [0.25, 0.3) is 0 Å². The molecule has 0 aliphatic carbocycles. The van der Waals surface area contributed by atoms with Gasteiger partial charge in [0.05, 0.1) is 12.2 Å². The third kappa shape index (κ3) is 1.34. The molecule has 62 valence electrons. The molecule has 11 heavy (non-hydrogen) atoms. The summed E-state index contributed by atoms with van der Waals surface area (Å²) < 4.78 is 5.70. The summed E-state index contributed by atoms with van der Waals surface area (Å²) in [5, 5.41) is 0. The molecule has 0 aromatic carbocycles. The molecule has 1 saturated heterocycles. The highest BCUT2D eigenvalue weighted by atomic mass is 16.5. The fraction of sp³-hybridized carbons (Fsp3) is 0.800. The molecular weight excluding hydrogens is 136 g/mol. The smallest absolute Gasteiger partial charge is 0.0763 e. The lowest BCUT2D eigenvalue weighted by atomic mass is 9.96. The molecule has 2 aliphatic heterocycles. The second kappa shape index (κ2) is 2.63. The summed E-state index contributed by atoms with van der Waals surface area (Å²) in [6, 6.07) is 0. The molecule has 2 heterocycles. The van der Waals surface area contributed by atoms with Gasteiger partial charge >= 0.3 is 0 Å². The molecule has 1 heteroatoms. The molecule has 2 aliphatic rings. The van der Waals surface area contributed by atoms with Gasteiger partial charge in [0.1, 0.15) is 0 Å². The Hall–Kier alpha value is -0.300. The first-order valence-corrected chi connectivity index (χ1v) is 4.62. The van der Waals surface area contributed by atoms with E-state index in [0.717, 1.165) is 5.92 Å². The van der Waals surface area contributed by atoms with Gasteiger partial charge in [0.25, 0.3) is 0 Å². The van der Waals surface area contributed by atoms with Gasteiger partial charge in [-0.05, 0) is 25.2 Å². The fourth-order valence-electron chi connectivity index (χ4n) is 2.00. The minimum atomic E-state index is 0.464. The monoisotopic (exact) mass is 152 g/mol. The quantitative estimate of drug-likeness (QED) is 0.525. The Balaban J connectivity index is 2.13. The maximum Gasteiger partial charge on any atom is 0.0763 e. The van der Waals surface area contributed by atoms with Gasteiger partial charge in [0, 0.05) is 0 Å². The molecule has 2 rings (SSSR count). The van der Waals surface area contributed by atoms with Crippen molar-refractivity contribution in [3.63, 3.8) is 0 Å². The van der Waals surface area contributed by atoms with Crippen LogP contribution in [0.2, 0.25) is 0 Å². The number of fused-ring (bicyclic) bond motifs is 2. The maximum absolute atomic E-state index is 5.70. The van der Waals surface area contributed by atoms with Crippen LogP contribution in [0.15, 0.2) is 11.6 Å². The molecule has 0 spiro atoms. The molecule has 0 aromatic rings. The van der Waals surface area contributed by atoms with Crippen LogP contribution in [0.4, 0.5) is 0 Å². The Labute approximate surface area is 68.4 Å². The van der Waals surface area contributed by atoms with Gasteiger partial charge in [0.2, 0.25) is 0 Å². The second-order valence-corrected chi connectivity index (χ2v) is 3.97. The summed E-state index contributed by atoms with van der Waals surface area (Å²) in [6.45, 7) is 4.55. The van der Waals surface area contributed by atoms with Crippen molar-refractivity contribution < 1.29 is 4.74 Å². The van der Waals surface area contributed by atoms with E-state index < -0.39 is 0 Å². The zero-order valence-corrected chi connectivity index (χ0v) is 7.34. The number of hydrogen-bond acceptors (Lipinski definition) is 1. The van der Waals surface area contributed by atoms with E-state index in [1.807, 2.05) is 0 Å². The van der Waals surface area contributed by atoms with E-state index in [0.29, 0.717) is 12.2 Å². The van der Waals surface area contributed by atoms with Gasteiger partial charge in [-0.1, -0.05) is 25.5 Å². The van der Waals surface area contributed by atoms with E-state index in [1.165, 1.54) is 19.3 Å². The van der Waals surface area contributed by atoms with E-state index in [9.17, 15) is 0 Å². The zero-order valence-electron chi connectivity index (χ0n) is 7.34. The number of rotatable bonds is 1. The summed E-state index contributed by atoms with van der Waals surface area (Å²) in [5.74, 6) is 0.724. The van der Waals surface area contributed by atoms with E-state index in [4.69, 9.17) is 4.74 Å². The van der Waals surface area contributed by atoms with Gasteiger partial charge in [-0.2, -0.15) is 0 Å². The number of ether oxygens (including phenoxy) is 1. The van der Waals surface area contributed by atoms with Gasteiger partial charge in [-0.25, -0.2) is 0 Å². The van der Waals surface area contributed by atoms with Crippen LogP contribution in [0, 0.1) is 5.92 Å². The molecule has 0 unspecified atom stereocenters. The van der Waals surface area contributed by atoms with Crippen molar-refractivity contribution in [1.82, 2.24) is 0 Å². The largest absolute Gasteiger partial charge is 0.371 e. The third-order valence-electron chi connectivity index (χ3n) is 2.75. The Bertz CT molecular complexity index is 181. The fourth-order valence-corrected chi connectivity index (χ4v) is 2.00. The molecular formula is C10H16O. The van der Waals surface area contributed by atoms with Crippen LogP contribution in [0.1, 0.15) is 33.1 Å². The Morgan fingerprint density at radius 3 is 2.91 bits per heavy atom. The predicted octanol–water partition coefficient (Wildman–Crippen LogP) is 2.52. The highest BCUT2D eigenvalue weighted by Gasteiger charge is 2.29. The van der Waals surface area contributed by atoms with Crippen molar-refractivity contribution in [3.05, 3.63) is 11.6 Å². The molecule has 1 fully saturated rings. The number of hydrogen-bond donors (Lipinski definition) is 0. The highest BCUT2D eigenvalue weighted by molar-refractivity contribution is 5.14. The van der Waals surface area contributed by atoms with E-state index >= 15 is 0 Å². The average Bonchev–Trinajstić information content (AvgIpc) is 2.30. The molecule has 0 saturated carbocycles. The second-order valence-electron chi connectivity index (χ2n) is 3.97. The van der Waals surface area contributed by atoms with Crippen molar-refractivity contribution in [1.29, 1.82) is 0 Å². The van der Waals surface area contributed by atoms with Gasteiger partial charge in [-0.3, -0.25) is 0 Å². The van der Waals surface area contributed by atoms with Crippen LogP contribution in [-0.2, 0) is 4.74 Å². The molecule has 0 N–H and O–H groups in total. The van der Waals surface area contributed by atoms with Gasteiger partial charge in [-0.15, -0.1) is 0 Å². The highest BCUT2D eigenvalue weighted by Crippen LogP contribution is 2.34. The first kappa shape index (κ1) is 7.35. The van der Waals surface area contributed by atoms with Crippen molar-refractivity contribution >= 4 is 0 Å². The standard InChI is InChI=1S/C10H16O/c1-7(2)8-5-9-3-4-10(6-8)11-9/h5,7,9-10H,3-4,6H2,1-2H3/t9-,10-/m1/s1. The van der Waals surface area contributed by atoms with Crippen LogP contribution < -0.4 is 0 Å². The third-order valence-corrected chi connectivity index (χ3v) is 2.75. The lowest BCUT2D eigenvalue weighted by molar-refractivity contribution is 0.0583. The summed E-state index contributed by atoms with van der Waals surface area (Å²) >= 11 is 0. The zero-order chi connectivity index (χ0) is 7.84. The molecule has 2 bridgehead atoms. The van der Waals surface area contributed by atoms with Crippen molar-refractivity contribution in [2.24, 2.45) is 5.92 Å². The van der Waals surface area contributed by atoms with Crippen molar-refractivity contribution in [3.8, 4) is 0 Å². The van der Waals surface area contributed by atoms with E-state index in [-0.39, 0.29) is 0 Å². The maximum atomic E-state index is 5.70. The first-order chi connectivity index (χ1) is 5.25. The van der Waals surface area contributed by atoms with Gasteiger partial charge in [0.15, 0.2) is 0 Å². The van der Waals surface area contributed by atoms with Gasteiger partial charge < -0.3 is 4.74 Å². The minimum absolute atomic E-state index is 0.464. The predicted molar refractivity (Wildman–Crippen MR) is 45.4 cm³/mol. The molecule has 0 aromatic heterocycles. The van der Waals surface area contributed by atoms with Crippen LogP contribution >= 0.6 is 0 Å². The summed E-state index contributed by atoms with van der Waals surface area (Å²) in [7, 11) is 0. The summed E-state index contributed by atoms with van der Waals surface area (Å²) in [6.07, 6.45) is 7.08. The lowest BCUT2D eigenvalue weighted by Crippen LogP contribution is -2.18. The van der Waals surface area contributed by atoms with E-state index in [1.54, 1.807) is 5.57 Å². The van der Waals surface area contributed by atoms with Crippen LogP contribution in [0.5, 0.6) is 0 Å². The Morgan fingerprint density at radius 1 is 1.45 bits per heavy atom. The molecule has 1 nitrogen and oxygen atoms in total. The SMILES string of the molecule is CC(C)C1=C[C@H]2CC[C@H](C1)O2. The van der Waals surface area contributed by atoms with Crippen LogP contribution in [0.3, 0.4) is 0 Å². The first-order valence-electron chi connectivity index (χ1n) is 4.62.